The van der Waals surface area contributed by atoms with E-state index in [1.807, 2.05) is 29.9 Å². The van der Waals surface area contributed by atoms with Crippen LogP contribution in [-0.4, -0.2) is 22.5 Å². The molecule has 0 unspecified atom stereocenters. The van der Waals surface area contributed by atoms with Crippen LogP contribution in [0.5, 0.6) is 5.75 Å². The van der Waals surface area contributed by atoms with Gasteiger partial charge in [0.2, 0.25) is 0 Å². The van der Waals surface area contributed by atoms with Gasteiger partial charge < -0.3 is 15.0 Å². The minimum absolute atomic E-state index is 0.0610. The van der Waals surface area contributed by atoms with Gasteiger partial charge in [-0.25, -0.2) is 4.98 Å². The second-order valence-corrected chi connectivity index (χ2v) is 4.99. The van der Waals surface area contributed by atoms with E-state index in [2.05, 4.69) is 4.98 Å². The van der Waals surface area contributed by atoms with Crippen LogP contribution in [-0.2, 0) is 12.8 Å². The molecule has 0 atom stereocenters. The Morgan fingerprint density at radius 1 is 1.53 bits per heavy atom. The van der Waals surface area contributed by atoms with Crippen molar-refractivity contribution in [3.8, 4) is 5.75 Å². The molecule has 5 nitrogen and oxygen atoms in total. The Hall–Kier alpha value is -1.95. The number of ether oxygens (including phenoxy) is 1. The number of benzene rings is 1. The first-order chi connectivity index (χ1) is 9.11. The van der Waals surface area contributed by atoms with E-state index in [-0.39, 0.29) is 5.84 Å². The predicted molar refractivity (Wildman–Crippen MR) is 76.8 cm³/mol. The van der Waals surface area contributed by atoms with Crippen LogP contribution >= 0.6 is 11.8 Å². The molecule has 0 aliphatic carbocycles. The topological polar surface area (TPSA) is 76.9 Å². The summed E-state index contributed by atoms with van der Waals surface area (Å²) in [6.07, 6.45) is 3.68. The molecule has 100 valence electrons. The maximum atomic E-state index is 7.48. The minimum atomic E-state index is 0.0610. The molecular weight excluding hydrogens is 260 g/mol. The molecule has 0 amide bonds. The fourth-order valence-corrected chi connectivity index (χ4v) is 2.60. The fraction of sp³-hybridized carbons (Fsp3) is 0.231. The van der Waals surface area contributed by atoms with E-state index < -0.39 is 0 Å². The SMILES string of the molecule is COc1ccc(C(=N)N)cc1CSc1nccn1C. The fourth-order valence-electron chi connectivity index (χ4n) is 1.69. The number of rotatable bonds is 5. The van der Waals surface area contributed by atoms with Gasteiger partial charge in [0.15, 0.2) is 5.16 Å². The molecule has 2 aromatic rings. The van der Waals surface area contributed by atoms with E-state index in [1.54, 1.807) is 31.1 Å². The third kappa shape index (κ3) is 3.08. The van der Waals surface area contributed by atoms with Crippen molar-refractivity contribution in [3.63, 3.8) is 0 Å². The van der Waals surface area contributed by atoms with Crippen LogP contribution in [0.4, 0.5) is 0 Å². The van der Waals surface area contributed by atoms with Gasteiger partial charge >= 0.3 is 0 Å². The Bertz CT molecular complexity index is 594. The number of aryl methyl sites for hydroxylation is 1. The van der Waals surface area contributed by atoms with Crippen LogP contribution in [0.1, 0.15) is 11.1 Å². The lowest BCUT2D eigenvalue weighted by Gasteiger charge is -2.10. The number of amidine groups is 1. The van der Waals surface area contributed by atoms with Crippen molar-refractivity contribution >= 4 is 17.6 Å². The van der Waals surface area contributed by atoms with E-state index in [0.29, 0.717) is 5.56 Å². The Kier molecular flexibility index (Phi) is 4.11. The van der Waals surface area contributed by atoms with Crippen molar-refractivity contribution < 1.29 is 4.74 Å². The smallest absolute Gasteiger partial charge is 0.167 e. The summed E-state index contributed by atoms with van der Waals surface area (Å²) >= 11 is 1.62. The highest BCUT2D eigenvalue weighted by molar-refractivity contribution is 7.98. The third-order valence-electron chi connectivity index (χ3n) is 2.73. The summed E-state index contributed by atoms with van der Waals surface area (Å²) in [6, 6.07) is 5.51. The number of hydrogen-bond donors (Lipinski definition) is 2. The third-order valence-corrected chi connectivity index (χ3v) is 3.83. The van der Waals surface area contributed by atoms with E-state index in [4.69, 9.17) is 15.9 Å². The average molecular weight is 276 g/mol. The molecule has 1 aromatic heterocycles. The first-order valence-electron chi connectivity index (χ1n) is 5.73. The molecule has 0 spiro atoms. The largest absolute Gasteiger partial charge is 0.496 e. The van der Waals surface area contributed by atoms with Gasteiger partial charge in [-0.3, -0.25) is 5.41 Å². The molecule has 0 aliphatic heterocycles. The van der Waals surface area contributed by atoms with Gasteiger partial charge in [0.25, 0.3) is 0 Å². The molecule has 2 rings (SSSR count). The lowest BCUT2D eigenvalue weighted by atomic mass is 10.1. The van der Waals surface area contributed by atoms with Crippen molar-refractivity contribution in [2.75, 3.05) is 7.11 Å². The molecule has 0 saturated heterocycles. The number of nitrogen functional groups attached to an aromatic ring is 1. The molecule has 3 N–H and O–H groups in total. The summed E-state index contributed by atoms with van der Waals surface area (Å²) in [6.45, 7) is 0. The number of hydrogen-bond acceptors (Lipinski definition) is 4. The summed E-state index contributed by atoms with van der Waals surface area (Å²) in [7, 11) is 3.59. The molecule has 0 saturated carbocycles. The van der Waals surface area contributed by atoms with Gasteiger partial charge in [0.05, 0.1) is 7.11 Å². The predicted octanol–water partition coefficient (Wildman–Crippen LogP) is 2.01. The number of methoxy groups -OCH3 is 1. The van der Waals surface area contributed by atoms with Crippen molar-refractivity contribution in [2.45, 2.75) is 10.9 Å². The zero-order valence-electron chi connectivity index (χ0n) is 10.9. The van der Waals surface area contributed by atoms with E-state index >= 15 is 0 Å². The molecule has 1 aromatic carbocycles. The zero-order valence-corrected chi connectivity index (χ0v) is 11.7. The average Bonchev–Trinajstić information content (AvgIpc) is 2.81. The Labute approximate surface area is 116 Å². The standard InChI is InChI=1S/C13H16N4OS/c1-17-6-5-16-13(17)19-8-10-7-9(12(14)15)3-4-11(10)18-2/h3-7H,8H2,1-2H3,(H3,14,15). The van der Waals surface area contributed by atoms with Gasteiger partial charge in [0.1, 0.15) is 11.6 Å². The van der Waals surface area contributed by atoms with Gasteiger partial charge in [-0.2, -0.15) is 0 Å². The van der Waals surface area contributed by atoms with Crippen LogP contribution in [0.2, 0.25) is 0 Å². The molecule has 6 heteroatoms. The van der Waals surface area contributed by atoms with Gasteiger partial charge in [-0.1, -0.05) is 11.8 Å². The number of nitrogens with one attached hydrogen (secondary N) is 1. The quantitative estimate of drug-likeness (QED) is 0.497. The molecule has 0 radical (unpaired) electrons. The Morgan fingerprint density at radius 3 is 2.89 bits per heavy atom. The van der Waals surface area contributed by atoms with Crippen molar-refractivity contribution in [3.05, 3.63) is 41.7 Å². The number of imidazole rings is 1. The number of aromatic nitrogens is 2. The highest BCUT2D eigenvalue weighted by Crippen LogP contribution is 2.27. The van der Waals surface area contributed by atoms with Gasteiger partial charge in [0, 0.05) is 36.3 Å². The Morgan fingerprint density at radius 2 is 2.32 bits per heavy atom. The normalized spacial score (nSPS) is 10.4. The summed E-state index contributed by atoms with van der Waals surface area (Å²) < 4.78 is 7.29. The zero-order chi connectivity index (χ0) is 13.8. The molecule has 0 bridgehead atoms. The molecule has 0 fully saturated rings. The minimum Gasteiger partial charge on any atom is -0.496 e. The lowest BCUT2D eigenvalue weighted by Crippen LogP contribution is -2.11. The van der Waals surface area contributed by atoms with Crippen LogP contribution < -0.4 is 10.5 Å². The van der Waals surface area contributed by atoms with Crippen LogP contribution in [0.25, 0.3) is 0 Å². The summed E-state index contributed by atoms with van der Waals surface area (Å²) in [5.74, 6) is 1.58. The van der Waals surface area contributed by atoms with Crippen LogP contribution in [0, 0.1) is 5.41 Å². The molecule has 0 aliphatic rings. The van der Waals surface area contributed by atoms with Crippen molar-refractivity contribution in [2.24, 2.45) is 12.8 Å². The van der Waals surface area contributed by atoms with Crippen molar-refractivity contribution in [1.82, 2.24) is 9.55 Å². The number of nitrogens with two attached hydrogens (primary N) is 1. The maximum absolute atomic E-state index is 7.48. The van der Waals surface area contributed by atoms with Crippen molar-refractivity contribution in [1.29, 1.82) is 5.41 Å². The van der Waals surface area contributed by atoms with E-state index in [1.165, 1.54) is 0 Å². The Balaban J connectivity index is 2.20. The molecule has 19 heavy (non-hydrogen) atoms. The second-order valence-electron chi connectivity index (χ2n) is 4.05. The highest BCUT2D eigenvalue weighted by atomic mass is 32.2. The first kappa shape index (κ1) is 13.5. The monoisotopic (exact) mass is 276 g/mol. The van der Waals surface area contributed by atoms with Gasteiger partial charge in [-0.15, -0.1) is 0 Å². The summed E-state index contributed by atoms with van der Waals surface area (Å²) in [5, 5.41) is 8.42. The van der Waals surface area contributed by atoms with Crippen LogP contribution in [0.15, 0.2) is 35.7 Å². The second kappa shape index (κ2) is 5.79. The number of thioether (sulfide) groups is 1. The van der Waals surface area contributed by atoms with E-state index in [0.717, 1.165) is 22.2 Å². The van der Waals surface area contributed by atoms with Crippen LogP contribution in [0.3, 0.4) is 0 Å². The maximum Gasteiger partial charge on any atom is 0.167 e. The number of nitrogens with zero attached hydrogens (tertiary/aromatic N) is 2. The van der Waals surface area contributed by atoms with Gasteiger partial charge in [-0.05, 0) is 18.2 Å². The summed E-state index contributed by atoms with van der Waals surface area (Å²) in [5.41, 5.74) is 7.22. The molecule has 1 heterocycles. The highest BCUT2D eigenvalue weighted by Gasteiger charge is 2.08. The first-order valence-corrected chi connectivity index (χ1v) is 6.72. The molecular formula is C13H16N4OS. The lowest BCUT2D eigenvalue weighted by molar-refractivity contribution is 0.411. The summed E-state index contributed by atoms with van der Waals surface area (Å²) in [4.78, 5) is 4.26. The van der Waals surface area contributed by atoms with E-state index in [9.17, 15) is 0 Å².